The van der Waals surface area contributed by atoms with E-state index in [1.807, 2.05) is 60.7 Å². The van der Waals surface area contributed by atoms with Crippen molar-refractivity contribution in [2.24, 2.45) is 0 Å². The van der Waals surface area contributed by atoms with Crippen molar-refractivity contribution in [2.45, 2.75) is 51.1 Å². The number of anilines is 2. The lowest BCUT2D eigenvalue weighted by atomic mass is 10.1. The summed E-state index contributed by atoms with van der Waals surface area (Å²) in [5.41, 5.74) is 3.91. The third-order valence-electron chi connectivity index (χ3n) is 9.14. The molecule has 1 aromatic heterocycles. The van der Waals surface area contributed by atoms with E-state index in [0.29, 0.717) is 35.2 Å². The number of aromatic nitrogens is 1. The number of ketones is 1. The van der Waals surface area contributed by atoms with Gasteiger partial charge in [-0.25, -0.2) is 4.98 Å². The second-order valence-corrected chi connectivity index (χ2v) is 13.0. The molecule has 0 fully saturated rings. The van der Waals surface area contributed by atoms with Crippen molar-refractivity contribution in [1.29, 1.82) is 0 Å². The number of para-hydroxylation sites is 3. The Hall–Kier alpha value is -6.63. The Morgan fingerprint density at radius 2 is 1.44 bits per heavy atom. The molecule has 0 saturated carbocycles. The summed E-state index contributed by atoms with van der Waals surface area (Å²) in [4.78, 5) is 87.4. The van der Waals surface area contributed by atoms with Gasteiger partial charge in [-0.2, -0.15) is 0 Å². The van der Waals surface area contributed by atoms with Gasteiger partial charge >= 0.3 is 5.97 Å². The Balaban J connectivity index is 1.26. The molecule has 0 radical (unpaired) electrons. The Bertz CT molecular complexity index is 2190. The average molecular weight is 730 g/mol. The van der Waals surface area contributed by atoms with Crippen LogP contribution in [0.4, 0.5) is 11.4 Å². The molecule has 6 rings (SSSR count). The van der Waals surface area contributed by atoms with Crippen LogP contribution in [0, 0.1) is 6.92 Å². The molecule has 4 aromatic carbocycles. The van der Waals surface area contributed by atoms with E-state index in [1.165, 1.54) is 4.90 Å². The van der Waals surface area contributed by atoms with Crippen molar-refractivity contribution in [2.75, 3.05) is 22.9 Å². The molecule has 2 atom stereocenters. The van der Waals surface area contributed by atoms with Gasteiger partial charge in [-0.3, -0.25) is 33.7 Å². The molecule has 5 aromatic rings. The first-order valence-corrected chi connectivity index (χ1v) is 17.6. The van der Waals surface area contributed by atoms with Crippen LogP contribution in [-0.2, 0) is 36.8 Å². The summed E-state index contributed by atoms with van der Waals surface area (Å²) >= 11 is 0. The fourth-order valence-corrected chi connectivity index (χ4v) is 6.40. The molecule has 1 aliphatic rings. The van der Waals surface area contributed by atoms with Crippen LogP contribution in [0.5, 0.6) is 0 Å². The third-order valence-corrected chi connectivity index (χ3v) is 9.14. The minimum absolute atomic E-state index is 0.0670. The van der Waals surface area contributed by atoms with E-state index in [0.717, 1.165) is 16.0 Å². The Morgan fingerprint density at radius 1 is 0.815 bits per heavy atom. The van der Waals surface area contributed by atoms with E-state index in [2.05, 4.69) is 15.6 Å². The van der Waals surface area contributed by atoms with Gasteiger partial charge in [0.25, 0.3) is 11.8 Å². The molecule has 4 amide bonds. The van der Waals surface area contributed by atoms with Crippen LogP contribution >= 0.6 is 0 Å². The molecule has 13 nitrogen and oxygen atoms in total. The summed E-state index contributed by atoms with van der Waals surface area (Å²) in [5, 5.41) is 14.9. The lowest BCUT2D eigenvalue weighted by Crippen LogP contribution is -2.55. The zero-order valence-electron chi connectivity index (χ0n) is 29.6. The Morgan fingerprint density at radius 3 is 2.09 bits per heavy atom. The van der Waals surface area contributed by atoms with Gasteiger partial charge in [0, 0.05) is 12.8 Å². The van der Waals surface area contributed by atoms with Crippen LogP contribution in [0.25, 0.3) is 11.1 Å². The van der Waals surface area contributed by atoms with Crippen LogP contribution in [0.1, 0.15) is 46.6 Å². The summed E-state index contributed by atoms with van der Waals surface area (Å²) in [6, 6.07) is 27.8. The highest BCUT2D eigenvalue weighted by Crippen LogP contribution is 2.33. The third kappa shape index (κ3) is 8.87. The van der Waals surface area contributed by atoms with Crippen molar-refractivity contribution in [3.05, 3.63) is 126 Å². The molecule has 2 heterocycles. The molecule has 54 heavy (non-hydrogen) atoms. The van der Waals surface area contributed by atoms with Gasteiger partial charge in [-0.05, 0) is 54.7 Å². The number of oxazole rings is 1. The number of nitrogens with one attached hydrogen (secondary N) is 2. The van der Waals surface area contributed by atoms with Gasteiger partial charge in [0.05, 0.1) is 24.3 Å². The number of hydrogen-bond donors (Lipinski definition) is 3. The fraction of sp³-hybridized carbons (Fsp3) is 0.244. The highest BCUT2D eigenvalue weighted by molar-refractivity contribution is 6.10. The molecule has 1 aliphatic heterocycles. The Labute approximate surface area is 311 Å². The number of rotatable bonds is 14. The van der Waals surface area contributed by atoms with Crippen LogP contribution in [0.2, 0.25) is 0 Å². The minimum Gasteiger partial charge on any atom is -0.481 e. The first kappa shape index (κ1) is 37.1. The normalized spacial score (nSPS) is 14.5. The molecule has 1 unspecified atom stereocenters. The van der Waals surface area contributed by atoms with Gasteiger partial charge in [0.15, 0.2) is 5.58 Å². The molecule has 13 heteroatoms. The number of hydrogen-bond acceptors (Lipinski definition) is 8. The number of carbonyl (C=O) groups is 6. The number of aryl methyl sites for hydroxylation is 3. The summed E-state index contributed by atoms with van der Waals surface area (Å²) < 4.78 is 5.67. The minimum atomic E-state index is -1.58. The average Bonchev–Trinajstić information content (AvgIpc) is 3.58. The van der Waals surface area contributed by atoms with Crippen molar-refractivity contribution in [1.82, 2.24) is 15.6 Å². The van der Waals surface area contributed by atoms with E-state index in [1.54, 1.807) is 49.4 Å². The second kappa shape index (κ2) is 16.8. The van der Waals surface area contributed by atoms with Gasteiger partial charge in [0.1, 0.15) is 24.1 Å². The van der Waals surface area contributed by atoms with Crippen molar-refractivity contribution in [3.63, 3.8) is 0 Å². The SMILES string of the molecule is Cc1cccc2nc(C(=O)[C@H](CC(=O)O)NC(=O)CN3C(=O)C(NC(=O)CCc4ccccc4)CN(C(=O)CCc4ccccc4)c4ccccc43)oc12. The maximum atomic E-state index is 14.4. The number of fused-ring (bicyclic) bond motifs is 2. The number of carbonyl (C=O) groups excluding carboxylic acids is 5. The Kier molecular flexibility index (Phi) is 11.6. The zero-order chi connectivity index (χ0) is 38.2. The molecule has 0 spiro atoms. The van der Waals surface area contributed by atoms with Crippen LogP contribution < -0.4 is 20.4 Å². The van der Waals surface area contributed by atoms with Gasteiger partial charge in [0.2, 0.25) is 23.5 Å². The summed E-state index contributed by atoms with van der Waals surface area (Å²) in [6.45, 7) is 0.912. The number of carboxylic acid groups (broad SMARTS) is 1. The van der Waals surface area contributed by atoms with Gasteiger partial charge < -0.3 is 25.1 Å². The molecule has 3 N–H and O–H groups in total. The molecule has 0 bridgehead atoms. The molecular formula is C41H39N5O8. The largest absolute Gasteiger partial charge is 0.481 e. The maximum Gasteiger partial charge on any atom is 0.305 e. The van der Waals surface area contributed by atoms with E-state index < -0.39 is 54.5 Å². The topological polar surface area (TPSA) is 179 Å². The highest BCUT2D eigenvalue weighted by atomic mass is 16.4. The van der Waals surface area contributed by atoms with Crippen LogP contribution in [0.15, 0.2) is 108 Å². The number of benzene rings is 4. The van der Waals surface area contributed by atoms with Gasteiger partial charge in [-0.15, -0.1) is 0 Å². The molecule has 0 aliphatic carbocycles. The second-order valence-electron chi connectivity index (χ2n) is 13.0. The first-order chi connectivity index (χ1) is 26.1. The van der Waals surface area contributed by atoms with Crippen molar-refractivity contribution >= 4 is 57.9 Å². The first-order valence-electron chi connectivity index (χ1n) is 17.6. The number of amides is 4. The van der Waals surface area contributed by atoms with Gasteiger partial charge in [-0.1, -0.05) is 84.9 Å². The van der Waals surface area contributed by atoms with Crippen LogP contribution in [0.3, 0.4) is 0 Å². The highest BCUT2D eigenvalue weighted by Gasteiger charge is 2.38. The van der Waals surface area contributed by atoms with E-state index >= 15 is 0 Å². The number of Topliss-reactive ketones (excluding diaryl/α,β-unsaturated/α-hetero) is 1. The summed E-state index contributed by atoms with van der Waals surface area (Å²) in [5.74, 6) is -4.84. The predicted molar refractivity (Wildman–Crippen MR) is 200 cm³/mol. The smallest absolute Gasteiger partial charge is 0.305 e. The number of aliphatic carboxylic acids is 1. The number of carboxylic acids is 1. The van der Waals surface area contributed by atoms with E-state index in [4.69, 9.17) is 4.42 Å². The zero-order valence-corrected chi connectivity index (χ0v) is 29.6. The van der Waals surface area contributed by atoms with Crippen molar-refractivity contribution in [3.8, 4) is 0 Å². The van der Waals surface area contributed by atoms with Crippen LogP contribution in [-0.4, -0.2) is 70.6 Å². The molecule has 0 saturated heterocycles. The fourth-order valence-electron chi connectivity index (χ4n) is 6.40. The monoisotopic (exact) mass is 729 g/mol. The lowest BCUT2D eigenvalue weighted by Gasteiger charge is -2.26. The lowest BCUT2D eigenvalue weighted by molar-refractivity contribution is -0.137. The molecular weight excluding hydrogens is 690 g/mol. The molecule has 276 valence electrons. The van der Waals surface area contributed by atoms with Crippen molar-refractivity contribution < 1.29 is 38.3 Å². The van der Waals surface area contributed by atoms with E-state index in [9.17, 15) is 33.9 Å². The number of nitrogens with zero attached hydrogens (tertiary/aromatic N) is 3. The standard InChI is InChI=1S/C41H39N5O8/c1-26-11-10-16-29-39(26)54-40(44-29)38(52)30(23-37(50)51)42-35(48)25-46-33-18-9-8-17-32(33)45(36(49)22-20-28-14-6-3-7-15-28)24-31(41(46)53)43-34(47)21-19-27-12-4-2-5-13-27/h2-18,30-31H,19-25H2,1H3,(H,42,48)(H,43,47)(H,50,51)/t30-,31?/m0/s1. The van der Waals surface area contributed by atoms with E-state index in [-0.39, 0.29) is 36.9 Å². The quantitative estimate of drug-likeness (QED) is 0.140. The summed E-state index contributed by atoms with van der Waals surface area (Å²) in [6.07, 6.45) is 0.244. The predicted octanol–water partition coefficient (Wildman–Crippen LogP) is 4.41. The maximum absolute atomic E-state index is 14.4. The summed E-state index contributed by atoms with van der Waals surface area (Å²) in [7, 11) is 0.